The Kier molecular flexibility index (Phi) is 2.99. The van der Waals surface area contributed by atoms with Gasteiger partial charge in [-0.2, -0.15) is 0 Å². The minimum absolute atomic E-state index is 0.286. The van der Waals surface area contributed by atoms with Gasteiger partial charge in [-0.15, -0.1) is 0 Å². The fraction of sp³-hybridized carbons (Fsp3) is 0.312. The molecule has 3 rings (SSSR count). The zero-order valence-corrected chi connectivity index (χ0v) is 10.9. The molecule has 2 aliphatic rings. The molecule has 0 aliphatic carbocycles. The summed E-state index contributed by atoms with van der Waals surface area (Å²) in [5.41, 5.74) is 2.68. The van der Waals surface area contributed by atoms with Crippen molar-refractivity contribution < 1.29 is 14.3 Å². The predicted octanol–water partition coefficient (Wildman–Crippen LogP) is 3.08. The third-order valence-electron chi connectivity index (χ3n) is 3.57. The maximum Gasteiger partial charge on any atom is 0.341 e. The molecule has 0 aromatic heterocycles. The van der Waals surface area contributed by atoms with Gasteiger partial charge in [-0.25, -0.2) is 4.79 Å². The van der Waals surface area contributed by atoms with Crippen molar-refractivity contribution in [1.29, 1.82) is 0 Å². The quantitative estimate of drug-likeness (QED) is 0.763. The molecule has 0 N–H and O–H groups in total. The van der Waals surface area contributed by atoms with E-state index in [4.69, 9.17) is 9.47 Å². The summed E-state index contributed by atoms with van der Waals surface area (Å²) in [6.45, 7) is 2.46. The number of rotatable bonds is 2. The summed E-state index contributed by atoms with van der Waals surface area (Å²) in [6, 6.07) is 9.91. The van der Waals surface area contributed by atoms with E-state index < -0.39 is 5.79 Å². The predicted molar refractivity (Wildman–Crippen MR) is 72.2 cm³/mol. The number of benzene rings is 1. The lowest BCUT2D eigenvalue weighted by Crippen LogP contribution is -2.35. The highest BCUT2D eigenvalue weighted by molar-refractivity contribution is 5.96. The first-order valence-electron chi connectivity index (χ1n) is 6.53. The van der Waals surface area contributed by atoms with Crippen LogP contribution in [0.15, 0.2) is 47.6 Å². The number of esters is 1. The van der Waals surface area contributed by atoms with Crippen molar-refractivity contribution in [3.8, 4) is 0 Å². The Balaban J connectivity index is 1.92. The Bertz CT molecular complexity index is 557. The summed E-state index contributed by atoms with van der Waals surface area (Å²) in [6.07, 6.45) is 5.57. The largest absolute Gasteiger partial charge is 0.426 e. The topological polar surface area (TPSA) is 35.5 Å². The Labute approximate surface area is 112 Å². The Morgan fingerprint density at radius 3 is 2.79 bits per heavy atom. The number of ether oxygens (including phenoxy) is 2. The van der Waals surface area contributed by atoms with Gasteiger partial charge in [0.15, 0.2) is 0 Å². The maximum atomic E-state index is 12.0. The second kappa shape index (κ2) is 4.67. The molecule has 0 spiro atoms. The molecule has 0 bridgehead atoms. The molecule has 98 valence electrons. The van der Waals surface area contributed by atoms with Crippen LogP contribution in [0.3, 0.4) is 0 Å². The van der Waals surface area contributed by atoms with E-state index in [1.807, 2.05) is 49.4 Å². The van der Waals surface area contributed by atoms with Crippen molar-refractivity contribution in [2.24, 2.45) is 0 Å². The highest BCUT2D eigenvalue weighted by Gasteiger charge is 2.45. The summed E-state index contributed by atoms with van der Waals surface area (Å²) in [7, 11) is 0. The zero-order valence-electron chi connectivity index (χ0n) is 10.9. The Morgan fingerprint density at radius 1 is 1.21 bits per heavy atom. The summed E-state index contributed by atoms with van der Waals surface area (Å²) < 4.78 is 11.0. The number of carbonyl (C=O) groups excluding carboxylic acids is 1. The highest BCUT2D eigenvalue weighted by Crippen LogP contribution is 2.40. The van der Waals surface area contributed by atoms with Crippen molar-refractivity contribution in [1.82, 2.24) is 0 Å². The monoisotopic (exact) mass is 256 g/mol. The van der Waals surface area contributed by atoms with E-state index in [2.05, 4.69) is 0 Å². The van der Waals surface area contributed by atoms with Crippen molar-refractivity contribution in [3.63, 3.8) is 0 Å². The van der Waals surface area contributed by atoms with Crippen LogP contribution in [-0.2, 0) is 14.3 Å². The van der Waals surface area contributed by atoms with Crippen LogP contribution in [0.5, 0.6) is 0 Å². The second-order valence-corrected chi connectivity index (χ2v) is 4.92. The van der Waals surface area contributed by atoms with Crippen LogP contribution >= 0.6 is 0 Å². The van der Waals surface area contributed by atoms with E-state index in [0.29, 0.717) is 12.2 Å². The van der Waals surface area contributed by atoms with Gasteiger partial charge in [0.25, 0.3) is 0 Å². The van der Waals surface area contributed by atoms with Crippen LogP contribution in [0, 0.1) is 0 Å². The first kappa shape index (κ1) is 12.2. The minimum Gasteiger partial charge on any atom is -0.426 e. The Hall–Kier alpha value is -1.87. The molecule has 1 atom stereocenters. The van der Waals surface area contributed by atoms with Crippen LogP contribution in [0.25, 0.3) is 6.08 Å². The van der Waals surface area contributed by atoms with Crippen LogP contribution in [0.1, 0.15) is 25.3 Å². The van der Waals surface area contributed by atoms with E-state index in [1.54, 1.807) is 0 Å². The zero-order chi connectivity index (χ0) is 13.3. The molecule has 3 nitrogen and oxygen atoms in total. The van der Waals surface area contributed by atoms with Gasteiger partial charge in [-0.05, 0) is 24.5 Å². The first-order chi connectivity index (χ1) is 9.19. The average molecular weight is 256 g/mol. The van der Waals surface area contributed by atoms with Crippen molar-refractivity contribution in [2.75, 3.05) is 6.61 Å². The molecular formula is C16H16O3. The van der Waals surface area contributed by atoms with Gasteiger partial charge < -0.3 is 9.47 Å². The maximum absolute atomic E-state index is 12.0. The van der Waals surface area contributed by atoms with Crippen LogP contribution in [0.2, 0.25) is 0 Å². The number of fused-ring (bicyclic) bond motifs is 1. The number of carbonyl (C=O) groups is 1. The van der Waals surface area contributed by atoms with Gasteiger partial charge in [0.1, 0.15) is 0 Å². The van der Waals surface area contributed by atoms with Gasteiger partial charge in [0, 0.05) is 12.5 Å². The first-order valence-corrected chi connectivity index (χ1v) is 6.53. The van der Waals surface area contributed by atoms with E-state index in [-0.39, 0.29) is 5.97 Å². The smallest absolute Gasteiger partial charge is 0.341 e. The molecule has 1 aromatic rings. The van der Waals surface area contributed by atoms with E-state index in [1.165, 1.54) is 0 Å². The van der Waals surface area contributed by atoms with Crippen molar-refractivity contribution in [3.05, 3.63) is 53.1 Å². The van der Waals surface area contributed by atoms with Gasteiger partial charge >= 0.3 is 5.97 Å². The van der Waals surface area contributed by atoms with Crippen LogP contribution in [-0.4, -0.2) is 18.4 Å². The molecule has 0 radical (unpaired) electrons. The third-order valence-corrected chi connectivity index (χ3v) is 3.57. The molecule has 1 saturated heterocycles. The molecule has 19 heavy (non-hydrogen) atoms. The van der Waals surface area contributed by atoms with E-state index in [0.717, 1.165) is 24.0 Å². The van der Waals surface area contributed by atoms with Gasteiger partial charge in [0.2, 0.25) is 5.79 Å². The second-order valence-electron chi connectivity index (χ2n) is 4.92. The summed E-state index contributed by atoms with van der Waals surface area (Å²) in [5.74, 6) is -1.13. The number of hydrogen-bond acceptors (Lipinski definition) is 3. The normalized spacial score (nSPS) is 26.7. The highest BCUT2D eigenvalue weighted by atomic mass is 16.7. The summed E-state index contributed by atoms with van der Waals surface area (Å²) in [4.78, 5) is 12.0. The molecular weight excluding hydrogens is 240 g/mol. The van der Waals surface area contributed by atoms with Crippen LogP contribution in [0.4, 0.5) is 0 Å². The molecule has 0 saturated carbocycles. The van der Waals surface area contributed by atoms with Crippen molar-refractivity contribution in [2.45, 2.75) is 25.6 Å². The summed E-state index contributed by atoms with van der Waals surface area (Å²) >= 11 is 0. The van der Waals surface area contributed by atoms with E-state index in [9.17, 15) is 4.79 Å². The molecule has 0 amide bonds. The fourth-order valence-electron chi connectivity index (χ4n) is 2.57. The molecule has 3 heteroatoms. The lowest BCUT2D eigenvalue weighted by atomic mass is 9.96. The number of hydrogen-bond donors (Lipinski definition) is 0. The minimum atomic E-state index is -0.842. The average Bonchev–Trinajstić information content (AvgIpc) is 2.67. The molecule has 2 aliphatic heterocycles. The molecule has 2 heterocycles. The van der Waals surface area contributed by atoms with Crippen molar-refractivity contribution >= 4 is 12.0 Å². The van der Waals surface area contributed by atoms with E-state index >= 15 is 0 Å². The molecule has 1 aromatic carbocycles. The fourth-order valence-corrected chi connectivity index (χ4v) is 2.57. The summed E-state index contributed by atoms with van der Waals surface area (Å²) in [5, 5.41) is 0. The van der Waals surface area contributed by atoms with Gasteiger partial charge in [-0.1, -0.05) is 36.4 Å². The molecule has 1 fully saturated rings. The standard InChI is InChI=1S/C16H16O3/c1-16-14(8-5-11-18-16)13(15(17)19-16)10-9-12-6-3-2-4-7-12/h2-4,6-7,9-10H,5,8,11H2,1H3/b10-9+. The SMILES string of the molecule is CC12OCCCC1=C(/C=C/c1ccccc1)C(=O)O2. The lowest BCUT2D eigenvalue weighted by Gasteiger charge is -2.30. The van der Waals surface area contributed by atoms with Gasteiger partial charge in [-0.3, -0.25) is 0 Å². The van der Waals surface area contributed by atoms with Gasteiger partial charge in [0.05, 0.1) is 12.2 Å². The van der Waals surface area contributed by atoms with Crippen LogP contribution < -0.4 is 0 Å². The third kappa shape index (κ3) is 2.22. The Morgan fingerprint density at radius 2 is 2.00 bits per heavy atom. The lowest BCUT2D eigenvalue weighted by molar-refractivity contribution is -0.201. The molecule has 1 unspecified atom stereocenters.